The molecule has 0 unspecified atom stereocenters. The van der Waals surface area contributed by atoms with E-state index in [0.29, 0.717) is 12.5 Å². The first-order valence-corrected chi connectivity index (χ1v) is 18.6. The van der Waals surface area contributed by atoms with E-state index in [9.17, 15) is 18.0 Å². The summed E-state index contributed by atoms with van der Waals surface area (Å²) in [4.78, 5) is 32.9. The Kier molecular flexibility index (Phi) is 7.27. The molecule has 9 rings (SSSR count). The number of aromatic nitrogens is 1. The molecule has 5 fully saturated rings. The van der Waals surface area contributed by atoms with E-state index in [1.807, 2.05) is 18.2 Å². The van der Waals surface area contributed by atoms with E-state index in [1.165, 1.54) is 44.5 Å². The van der Waals surface area contributed by atoms with Crippen LogP contribution in [-0.2, 0) is 21.5 Å². The Morgan fingerprint density at radius 2 is 1.79 bits per heavy atom. The molecule has 2 aliphatic carbocycles. The number of fused-ring (bicyclic) bond motifs is 9. The molecule has 4 aliphatic heterocycles. The molecule has 2 amide bonds. The van der Waals surface area contributed by atoms with Gasteiger partial charge in [0.15, 0.2) is 0 Å². The van der Waals surface area contributed by atoms with Crippen LogP contribution in [-0.4, -0.2) is 91.8 Å². The van der Waals surface area contributed by atoms with Gasteiger partial charge >= 0.3 is 10.2 Å². The Morgan fingerprint density at radius 3 is 2.47 bits per heavy atom. The van der Waals surface area contributed by atoms with Gasteiger partial charge in [0.25, 0.3) is 5.91 Å². The van der Waals surface area contributed by atoms with Crippen LogP contribution in [0.3, 0.4) is 0 Å². The number of amides is 2. The second kappa shape index (κ2) is 11.1. The van der Waals surface area contributed by atoms with Gasteiger partial charge in [-0.15, -0.1) is 0 Å². The number of carbonyl (C=O) groups excluding carboxylic acids is 2. The van der Waals surface area contributed by atoms with Crippen LogP contribution in [0.15, 0.2) is 36.4 Å². The lowest BCUT2D eigenvalue weighted by Gasteiger charge is -2.57. The molecule has 6 aliphatic rings. The number of methoxy groups -OCH3 is 1. The third-order valence-electron chi connectivity index (χ3n) is 11.9. The maximum atomic E-state index is 14.8. The van der Waals surface area contributed by atoms with Gasteiger partial charge in [0, 0.05) is 73.8 Å². The number of carbonyl (C=O) groups is 2. The molecule has 1 N–H and O–H groups in total. The van der Waals surface area contributed by atoms with Crippen molar-refractivity contribution in [1.29, 1.82) is 0 Å². The van der Waals surface area contributed by atoms with Crippen molar-refractivity contribution in [3.8, 4) is 17.0 Å². The summed E-state index contributed by atoms with van der Waals surface area (Å²) in [7, 11) is 0.515. The fourth-order valence-electron chi connectivity index (χ4n) is 9.23. The first-order valence-electron chi connectivity index (χ1n) is 17.2. The zero-order valence-corrected chi connectivity index (χ0v) is 28.6. The number of ether oxygens (including phenoxy) is 1. The second-order valence-corrected chi connectivity index (χ2v) is 16.5. The van der Waals surface area contributed by atoms with Crippen LogP contribution in [0.5, 0.6) is 5.75 Å². The van der Waals surface area contributed by atoms with Gasteiger partial charge in [-0.25, -0.2) is 4.72 Å². The van der Waals surface area contributed by atoms with E-state index in [4.69, 9.17) is 4.74 Å². The van der Waals surface area contributed by atoms with Crippen LogP contribution >= 0.6 is 0 Å². The predicted molar refractivity (Wildman–Crippen MR) is 181 cm³/mol. The third kappa shape index (κ3) is 4.75. The summed E-state index contributed by atoms with van der Waals surface area (Å²) in [6.45, 7) is 5.59. The topological polar surface area (TPSA) is 104 Å². The number of benzene rings is 2. The molecule has 1 aromatic heterocycles. The molecule has 4 atom stereocenters. The van der Waals surface area contributed by atoms with Crippen molar-refractivity contribution in [3.63, 3.8) is 0 Å². The van der Waals surface area contributed by atoms with Crippen LogP contribution in [0.4, 0.5) is 0 Å². The van der Waals surface area contributed by atoms with Gasteiger partial charge in [-0.3, -0.25) is 14.5 Å². The van der Waals surface area contributed by atoms with Gasteiger partial charge in [0.1, 0.15) is 5.75 Å². The Labute approximate surface area is 277 Å². The SMILES string of the molecule is CCN1C[C@H]2C[C@@H](C1)N2C(=O)[C@]12C[C@H]1c1cc(OC)ccc1-c1c(C3CCCCC3)c3ccc(C(=O)NS(=O)(=O)N(C)C)cc3n1C2. The van der Waals surface area contributed by atoms with E-state index >= 15 is 0 Å². The number of piperazine rings is 1. The summed E-state index contributed by atoms with van der Waals surface area (Å²) in [5, 5.41) is 1.08. The largest absolute Gasteiger partial charge is 0.497 e. The summed E-state index contributed by atoms with van der Waals surface area (Å²) in [5.74, 6) is 0.823. The van der Waals surface area contributed by atoms with Crippen LogP contribution in [0, 0.1) is 5.41 Å². The van der Waals surface area contributed by atoms with Gasteiger partial charge < -0.3 is 14.2 Å². The molecule has 5 heterocycles. The molecule has 0 spiro atoms. The lowest BCUT2D eigenvalue weighted by molar-refractivity contribution is -0.160. The van der Waals surface area contributed by atoms with Gasteiger partial charge in [-0.1, -0.05) is 32.3 Å². The summed E-state index contributed by atoms with van der Waals surface area (Å²) >= 11 is 0. The number of piperidine rings is 1. The van der Waals surface area contributed by atoms with Crippen LogP contribution in [0.1, 0.15) is 85.2 Å². The summed E-state index contributed by atoms with van der Waals surface area (Å²) in [6, 6.07) is 12.4. The van der Waals surface area contributed by atoms with Crippen LogP contribution in [0.25, 0.3) is 22.2 Å². The summed E-state index contributed by atoms with van der Waals surface area (Å²) in [5.41, 5.74) is 5.33. The molecular formula is C36H45N5O5S. The van der Waals surface area contributed by atoms with Crippen LogP contribution in [0.2, 0.25) is 0 Å². The van der Waals surface area contributed by atoms with Crippen molar-refractivity contribution in [3.05, 3.63) is 53.1 Å². The highest BCUT2D eigenvalue weighted by Gasteiger charge is 2.66. The standard InChI is InChI=1S/C36H45N5O5S/c1-5-39-19-24-16-25(20-39)41(24)35(43)36-18-30(36)29-17-26(46-4)12-14-27(29)33-32(22-9-7-6-8-10-22)28-13-11-23(15-31(28)40(33)21-36)34(42)37-47(44,45)38(2)3/h11-15,17,22,24-25,30H,5-10,16,18-21H2,1-4H3,(H,37,42)/t24-,25+,30-,36-/m0/s1. The van der Waals surface area contributed by atoms with Gasteiger partial charge in [-0.05, 0) is 79.6 Å². The smallest absolute Gasteiger partial charge is 0.303 e. The Morgan fingerprint density at radius 1 is 1.04 bits per heavy atom. The summed E-state index contributed by atoms with van der Waals surface area (Å²) in [6.07, 6.45) is 7.62. The zero-order chi connectivity index (χ0) is 32.8. The lowest BCUT2D eigenvalue weighted by atomic mass is 9.81. The molecule has 3 aromatic rings. The number of likely N-dealkylation sites (N-methyl/N-ethyl adjacent to an activating group) is 1. The zero-order valence-electron chi connectivity index (χ0n) is 27.8. The lowest BCUT2D eigenvalue weighted by Crippen LogP contribution is -2.71. The fraction of sp³-hybridized carbons (Fsp3) is 0.556. The van der Waals surface area contributed by atoms with Crippen molar-refractivity contribution in [1.82, 2.24) is 23.4 Å². The quantitative estimate of drug-likeness (QED) is 0.395. The van der Waals surface area contributed by atoms with E-state index in [2.05, 4.69) is 38.1 Å². The minimum Gasteiger partial charge on any atom is -0.497 e. The average molecular weight is 660 g/mol. The monoisotopic (exact) mass is 659 g/mol. The molecule has 2 saturated carbocycles. The highest BCUT2D eigenvalue weighted by molar-refractivity contribution is 7.87. The second-order valence-electron chi connectivity index (χ2n) is 14.6. The van der Waals surface area contributed by atoms with Gasteiger partial charge in [0.2, 0.25) is 5.91 Å². The van der Waals surface area contributed by atoms with Gasteiger partial charge in [0.05, 0.1) is 18.2 Å². The maximum Gasteiger partial charge on any atom is 0.303 e. The fourth-order valence-corrected chi connectivity index (χ4v) is 9.77. The number of nitrogens with zero attached hydrogens (tertiary/aromatic N) is 4. The number of nitrogens with one attached hydrogen (secondary N) is 1. The Hall–Kier alpha value is -3.41. The van der Waals surface area contributed by atoms with E-state index in [0.717, 1.165) is 77.5 Å². The van der Waals surface area contributed by atoms with E-state index in [-0.39, 0.29) is 29.5 Å². The van der Waals surface area contributed by atoms with E-state index in [1.54, 1.807) is 13.2 Å². The average Bonchev–Trinajstić information content (AvgIpc) is 3.74. The molecule has 0 radical (unpaired) electrons. The number of hydrogen-bond donors (Lipinski definition) is 1. The normalized spacial score (nSPS) is 27.0. The molecule has 2 aromatic carbocycles. The first kappa shape index (κ1) is 30.9. The van der Waals surface area contributed by atoms with Crippen molar-refractivity contribution in [2.75, 3.05) is 40.8 Å². The van der Waals surface area contributed by atoms with Crippen molar-refractivity contribution >= 4 is 32.9 Å². The first-order chi connectivity index (χ1) is 22.6. The molecule has 3 saturated heterocycles. The van der Waals surface area contributed by atoms with Gasteiger partial charge in [-0.2, -0.15) is 12.7 Å². The van der Waals surface area contributed by atoms with Crippen molar-refractivity contribution in [2.45, 2.75) is 82.3 Å². The molecular weight excluding hydrogens is 614 g/mol. The predicted octanol–water partition coefficient (Wildman–Crippen LogP) is 4.69. The molecule has 10 nitrogen and oxygen atoms in total. The Bertz CT molecular complexity index is 1880. The third-order valence-corrected chi connectivity index (χ3v) is 13.3. The number of rotatable bonds is 7. The maximum absolute atomic E-state index is 14.8. The highest BCUT2D eigenvalue weighted by atomic mass is 32.2. The van der Waals surface area contributed by atoms with Crippen molar-refractivity contribution < 1.29 is 22.7 Å². The minimum absolute atomic E-state index is 0.0783. The number of hydrogen-bond acceptors (Lipinski definition) is 6. The minimum atomic E-state index is -3.96. The molecule has 2 bridgehead atoms. The molecule has 11 heteroatoms. The van der Waals surface area contributed by atoms with E-state index < -0.39 is 21.5 Å². The summed E-state index contributed by atoms with van der Waals surface area (Å²) < 4.78 is 36.4. The molecule has 47 heavy (non-hydrogen) atoms. The van der Waals surface area contributed by atoms with Crippen molar-refractivity contribution in [2.24, 2.45) is 5.41 Å². The molecule has 250 valence electrons. The van der Waals surface area contributed by atoms with Crippen LogP contribution < -0.4 is 9.46 Å². The highest BCUT2D eigenvalue weighted by Crippen LogP contribution is 2.67. The Balaban J connectivity index is 1.30.